The van der Waals surface area contributed by atoms with Crippen LogP contribution < -0.4 is 4.74 Å². The van der Waals surface area contributed by atoms with Gasteiger partial charge in [-0.25, -0.2) is 0 Å². The zero-order valence-electron chi connectivity index (χ0n) is 10.9. The standard InChI is InChI=1S/C12H13N5O2S/c1-8-11(20-16-14-8)12(18)17-6-4-9(7-17)19-10-3-2-5-13-15-10/h2-3,5,9H,4,6-7H2,1H3. The van der Waals surface area contributed by atoms with Crippen LogP contribution in [0, 0.1) is 6.92 Å². The summed E-state index contributed by atoms with van der Waals surface area (Å²) in [6, 6.07) is 3.53. The van der Waals surface area contributed by atoms with Gasteiger partial charge in [0.15, 0.2) is 0 Å². The third-order valence-corrected chi connectivity index (χ3v) is 3.93. The number of aryl methyl sites for hydroxylation is 1. The maximum Gasteiger partial charge on any atom is 0.267 e. The maximum absolute atomic E-state index is 12.3. The topological polar surface area (TPSA) is 81.1 Å². The molecule has 0 aromatic carbocycles. The van der Waals surface area contributed by atoms with E-state index in [1.807, 2.05) is 0 Å². The lowest BCUT2D eigenvalue weighted by atomic mass is 10.3. The molecule has 0 spiro atoms. The van der Waals surface area contributed by atoms with Gasteiger partial charge in [0.2, 0.25) is 5.88 Å². The van der Waals surface area contributed by atoms with Gasteiger partial charge in [-0.05, 0) is 24.5 Å². The predicted molar refractivity (Wildman–Crippen MR) is 71.6 cm³/mol. The van der Waals surface area contributed by atoms with Crippen molar-refractivity contribution in [3.8, 4) is 5.88 Å². The Kier molecular flexibility index (Phi) is 3.55. The molecule has 0 aliphatic carbocycles. The molecule has 0 N–H and O–H groups in total. The van der Waals surface area contributed by atoms with E-state index in [4.69, 9.17) is 4.74 Å². The lowest BCUT2D eigenvalue weighted by Crippen LogP contribution is -2.30. The summed E-state index contributed by atoms with van der Waals surface area (Å²) in [6.07, 6.45) is 2.33. The summed E-state index contributed by atoms with van der Waals surface area (Å²) in [5.74, 6) is 0.463. The lowest BCUT2D eigenvalue weighted by molar-refractivity contribution is 0.0774. The third kappa shape index (κ3) is 2.60. The average Bonchev–Trinajstić information content (AvgIpc) is 3.08. The van der Waals surface area contributed by atoms with Gasteiger partial charge in [-0.3, -0.25) is 4.79 Å². The first-order valence-electron chi connectivity index (χ1n) is 6.26. The van der Waals surface area contributed by atoms with E-state index in [0.29, 0.717) is 29.5 Å². The van der Waals surface area contributed by atoms with Gasteiger partial charge < -0.3 is 9.64 Å². The van der Waals surface area contributed by atoms with Crippen molar-refractivity contribution in [2.24, 2.45) is 0 Å². The van der Waals surface area contributed by atoms with Crippen LogP contribution in [-0.2, 0) is 0 Å². The number of hydrogen-bond acceptors (Lipinski definition) is 7. The summed E-state index contributed by atoms with van der Waals surface area (Å²) in [5.41, 5.74) is 0.679. The molecule has 1 saturated heterocycles. The van der Waals surface area contributed by atoms with Crippen LogP contribution in [0.3, 0.4) is 0 Å². The third-order valence-electron chi connectivity index (χ3n) is 3.11. The number of rotatable bonds is 3. The van der Waals surface area contributed by atoms with Crippen LogP contribution in [0.25, 0.3) is 0 Å². The Morgan fingerprint density at radius 1 is 1.50 bits per heavy atom. The summed E-state index contributed by atoms with van der Waals surface area (Å²) in [7, 11) is 0. The molecule has 0 saturated carbocycles. The number of carbonyl (C=O) groups excluding carboxylic acids is 1. The van der Waals surface area contributed by atoms with Crippen LogP contribution in [-0.4, -0.2) is 49.8 Å². The van der Waals surface area contributed by atoms with Crippen LogP contribution in [0.4, 0.5) is 0 Å². The quantitative estimate of drug-likeness (QED) is 0.837. The van der Waals surface area contributed by atoms with Gasteiger partial charge in [-0.2, -0.15) is 5.10 Å². The second kappa shape index (κ2) is 5.49. The van der Waals surface area contributed by atoms with Crippen molar-refractivity contribution in [2.75, 3.05) is 13.1 Å². The Bertz CT molecular complexity index is 603. The maximum atomic E-state index is 12.3. The number of aromatic nitrogens is 4. The SMILES string of the molecule is Cc1nnsc1C(=O)N1CCC(Oc2cccnn2)C1. The molecule has 104 valence electrons. The average molecular weight is 291 g/mol. The molecule has 2 aromatic heterocycles. The van der Waals surface area contributed by atoms with Crippen molar-refractivity contribution < 1.29 is 9.53 Å². The van der Waals surface area contributed by atoms with Gasteiger partial charge in [0.1, 0.15) is 11.0 Å². The zero-order valence-corrected chi connectivity index (χ0v) is 11.7. The van der Waals surface area contributed by atoms with Gasteiger partial charge in [-0.1, -0.05) is 4.49 Å². The Morgan fingerprint density at radius 2 is 2.40 bits per heavy atom. The number of amides is 1. The smallest absolute Gasteiger partial charge is 0.267 e. The predicted octanol–water partition coefficient (Wildman–Crippen LogP) is 0.930. The highest BCUT2D eigenvalue weighted by molar-refractivity contribution is 7.07. The summed E-state index contributed by atoms with van der Waals surface area (Å²) in [4.78, 5) is 14.7. The van der Waals surface area contributed by atoms with E-state index < -0.39 is 0 Å². The van der Waals surface area contributed by atoms with Crippen molar-refractivity contribution >= 4 is 17.4 Å². The number of carbonyl (C=O) groups is 1. The first-order valence-corrected chi connectivity index (χ1v) is 7.04. The zero-order chi connectivity index (χ0) is 13.9. The fraction of sp³-hybridized carbons (Fsp3) is 0.417. The molecule has 3 heterocycles. The minimum atomic E-state index is -0.0446. The minimum absolute atomic E-state index is 0.0252. The van der Waals surface area contributed by atoms with Crippen molar-refractivity contribution in [3.05, 3.63) is 28.9 Å². The number of likely N-dealkylation sites (tertiary alicyclic amines) is 1. The van der Waals surface area contributed by atoms with Crippen LogP contribution in [0.2, 0.25) is 0 Å². The molecule has 1 aliphatic heterocycles. The highest BCUT2D eigenvalue weighted by atomic mass is 32.1. The molecular weight excluding hydrogens is 278 g/mol. The summed E-state index contributed by atoms with van der Waals surface area (Å²) < 4.78 is 9.50. The number of ether oxygens (including phenoxy) is 1. The van der Waals surface area contributed by atoms with E-state index in [-0.39, 0.29) is 12.0 Å². The van der Waals surface area contributed by atoms with Crippen LogP contribution in [0.5, 0.6) is 5.88 Å². The highest BCUT2D eigenvalue weighted by Crippen LogP contribution is 2.20. The molecule has 2 aromatic rings. The summed E-state index contributed by atoms with van der Waals surface area (Å²) in [5, 5.41) is 11.5. The van der Waals surface area contributed by atoms with Crippen molar-refractivity contribution in [3.63, 3.8) is 0 Å². The van der Waals surface area contributed by atoms with E-state index >= 15 is 0 Å². The first kappa shape index (κ1) is 12.9. The van der Waals surface area contributed by atoms with Crippen molar-refractivity contribution in [1.29, 1.82) is 0 Å². The Hall–Kier alpha value is -2.09. The highest BCUT2D eigenvalue weighted by Gasteiger charge is 2.30. The van der Waals surface area contributed by atoms with Gasteiger partial charge >= 0.3 is 0 Å². The fourth-order valence-electron chi connectivity index (χ4n) is 2.10. The lowest BCUT2D eigenvalue weighted by Gasteiger charge is -2.15. The van der Waals surface area contributed by atoms with Crippen LogP contribution >= 0.6 is 11.5 Å². The number of hydrogen-bond donors (Lipinski definition) is 0. The van der Waals surface area contributed by atoms with E-state index in [2.05, 4.69) is 19.8 Å². The number of nitrogens with zero attached hydrogens (tertiary/aromatic N) is 5. The molecule has 1 amide bonds. The fourth-order valence-corrected chi connectivity index (χ4v) is 2.73. The molecule has 1 fully saturated rings. The van der Waals surface area contributed by atoms with Crippen LogP contribution in [0.15, 0.2) is 18.3 Å². The molecule has 0 bridgehead atoms. The second-order valence-corrected chi connectivity index (χ2v) is 5.28. The molecule has 1 atom stereocenters. The monoisotopic (exact) mass is 291 g/mol. The van der Waals surface area contributed by atoms with Crippen molar-refractivity contribution in [2.45, 2.75) is 19.4 Å². The molecule has 8 heteroatoms. The molecule has 3 rings (SSSR count). The first-order chi connectivity index (χ1) is 9.74. The van der Waals surface area contributed by atoms with Gasteiger partial charge in [0, 0.05) is 25.2 Å². The molecule has 0 radical (unpaired) electrons. The molecule has 7 nitrogen and oxygen atoms in total. The summed E-state index contributed by atoms with van der Waals surface area (Å²) in [6.45, 7) is 3.01. The molecular formula is C12H13N5O2S. The van der Waals surface area contributed by atoms with E-state index in [0.717, 1.165) is 18.0 Å². The van der Waals surface area contributed by atoms with Gasteiger partial charge in [0.05, 0.1) is 12.2 Å². The normalized spacial score (nSPS) is 18.2. The van der Waals surface area contributed by atoms with Gasteiger partial charge in [-0.15, -0.1) is 10.2 Å². The van der Waals surface area contributed by atoms with E-state index in [1.54, 1.807) is 30.2 Å². The Morgan fingerprint density at radius 3 is 3.10 bits per heavy atom. The Balaban J connectivity index is 1.62. The largest absolute Gasteiger partial charge is 0.471 e. The second-order valence-electron chi connectivity index (χ2n) is 4.53. The van der Waals surface area contributed by atoms with Crippen LogP contribution in [0.1, 0.15) is 21.8 Å². The van der Waals surface area contributed by atoms with Gasteiger partial charge in [0.25, 0.3) is 5.91 Å². The van der Waals surface area contributed by atoms with E-state index in [9.17, 15) is 4.79 Å². The van der Waals surface area contributed by atoms with E-state index in [1.165, 1.54) is 0 Å². The molecule has 1 aliphatic rings. The van der Waals surface area contributed by atoms with Crippen molar-refractivity contribution in [1.82, 2.24) is 24.7 Å². The Labute approximate surface area is 119 Å². The molecule has 1 unspecified atom stereocenters. The summed E-state index contributed by atoms with van der Waals surface area (Å²) >= 11 is 1.13. The molecule has 20 heavy (non-hydrogen) atoms. The minimum Gasteiger partial charge on any atom is -0.471 e.